The predicted octanol–water partition coefficient (Wildman–Crippen LogP) is 0.699. The van der Waals surface area contributed by atoms with E-state index < -0.39 is 6.17 Å². The van der Waals surface area contributed by atoms with Crippen molar-refractivity contribution in [2.45, 2.75) is 37.9 Å². The molecule has 2 saturated heterocycles. The number of carbonyl (C=O) groups is 1. The number of hydrogen-bond donors (Lipinski definition) is 1. The molecule has 1 amide bonds. The van der Waals surface area contributed by atoms with E-state index in [0.717, 1.165) is 25.9 Å². The van der Waals surface area contributed by atoms with Gasteiger partial charge in [-0.1, -0.05) is 0 Å². The summed E-state index contributed by atoms with van der Waals surface area (Å²) in [5, 5.41) is 2.94. The lowest BCUT2D eigenvalue weighted by Gasteiger charge is -2.29. The number of amides is 1. The van der Waals surface area contributed by atoms with Gasteiger partial charge in [-0.05, 0) is 19.3 Å². The highest BCUT2D eigenvalue weighted by molar-refractivity contribution is 5.82. The molecule has 0 unspecified atom stereocenters. The Morgan fingerprint density at radius 2 is 2.00 bits per heavy atom. The SMILES string of the molecule is O=C([C@H]1C[C@H](F)CN1)N1CCCCC1. The molecule has 0 spiro atoms. The highest BCUT2D eigenvalue weighted by Gasteiger charge is 2.32. The minimum atomic E-state index is -0.839. The van der Waals surface area contributed by atoms with Crippen molar-refractivity contribution < 1.29 is 9.18 Å². The van der Waals surface area contributed by atoms with Gasteiger partial charge in [0.15, 0.2) is 0 Å². The van der Waals surface area contributed by atoms with Gasteiger partial charge >= 0.3 is 0 Å². The molecule has 2 heterocycles. The molecular weight excluding hydrogens is 183 g/mol. The Kier molecular flexibility index (Phi) is 3.01. The van der Waals surface area contributed by atoms with Crippen molar-refractivity contribution in [2.75, 3.05) is 19.6 Å². The molecule has 0 aromatic rings. The Hall–Kier alpha value is -0.640. The van der Waals surface area contributed by atoms with E-state index in [4.69, 9.17) is 0 Å². The second kappa shape index (κ2) is 4.26. The van der Waals surface area contributed by atoms with Gasteiger partial charge in [-0.2, -0.15) is 0 Å². The summed E-state index contributed by atoms with van der Waals surface area (Å²) in [6, 6.07) is -0.261. The van der Waals surface area contributed by atoms with E-state index >= 15 is 0 Å². The Morgan fingerprint density at radius 3 is 2.57 bits per heavy atom. The number of halogens is 1. The van der Waals surface area contributed by atoms with E-state index in [1.807, 2.05) is 4.90 Å². The normalized spacial score (nSPS) is 33.4. The lowest BCUT2D eigenvalue weighted by Crippen LogP contribution is -2.45. The third-order valence-corrected chi connectivity index (χ3v) is 3.04. The maximum atomic E-state index is 12.9. The fraction of sp³-hybridized carbons (Fsp3) is 0.900. The van der Waals surface area contributed by atoms with Gasteiger partial charge in [0.1, 0.15) is 6.17 Å². The van der Waals surface area contributed by atoms with E-state index in [-0.39, 0.29) is 11.9 Å². The Balaban J connectivity index is 1.87. The molecule has 0 saturated carbocycles. The topological polar surface area (TPSA) is 32.3 Å². The van der Waals surface area contributed by atoms with Gasteiger partial charge in [-0.25, -0.2) is 4.39 Å². The van der Waals surface area contributed by atoms with Crippen molar-refractivity contribution in [2.24, 2.45) is 0 Å². The summed E-state index contributed by atoms with van der Waals surface area (Å²) in [6.45, 7) is 2.05. The van der Waals surface area contributed by atoms with Crippen LogP contribution in [0.1, 0.15) is 25.7 Å². The van der Waals surface area contributed by atoms with Gasteiger partial charge < -0.3 is 10.2 Å². The highest BCUT2D eigenvalue weighted by Crippen LogP contribution is 2.15. The third-order valence-electron chi connectivity index (χ3n) is 3.04. The molecule has 0 aliphatic carbocycles. The molecule has 1 N–H and O–H groups in total. The van der Waals surface area contributed by atoms with Crippen molar-refractivity contribution in [1.29, 1.82) is 0 Å². The minimum absolute atomic E-state index is 0.102. The van der Waals surface area contributed by atoms with Gasteiger partial charge in [-0.3, -0.25) is 4.79 Å². The average Bonchev–Trinajstić information content (AvgIpc) is 2.65. The number of rotatable bonds is 1. The molecule has 0 bridgehead atoms. The summed E-state index contributed by atoms with van der Waals surface area (Å²) < 4.78 is 12.9. The zero-order valence-corrected chi connectivity index (χ0v) is 8.34. The number of piperidine rings is 1. The first kappa shape index (κ1) is 9.90. The monoisotopic (exact) mass is 200 g/mol. The Labute approximate surface area is 83.6 Å². The van der Waals surface area contributed by atoms with Crippen molar-refractivity contribution in [3.63, 3.8) is 0 Å². The van der Waals surface area contributed by atoms with Crippen LogP contribution in [0.3, 0.4) is 0 Å². The summed E-state index contributed by atoms with van der Waals surface area (Å²) in [5.74, 6) is 0.102. The highest BCUT2D eigenvalue weighted by atomic mass is 19.1. The molecule has 2 aliphatic heterocycles. The van der Waals surface area contributed by atoms with Crippen LogP contribution in [0.15, 0.2) is 0 Å². The predicted molar refractivity (Wildman–Crippen MR) is 51.7 cm³/mol. The summed E-state index contributed by atoms with van der Waals surface area (Å²) in [5.41, 5.74) is 0. The fourth-order valence-electron chi connectivity index (χ4n) is 2.22. The number of nitrogens with one attached hydrogen (secondary N) is 1. The Bertz CT molecular complexity index is 209. The van der Waals surface area contributed by atoms with Gasteiger partial charge in [-0.15, -0.1) is 0 Å². The summed E-state index contributed by atoms with van der Waals surface area (Å²) in [7, 11) is 0. The quantitative estimate of drug-likeness (QED) is 0.675. The summed E-state index contributed by atoms with van der Waals surface area (Å²) >= 11 is 0. The zero-order valence-electron chi connectivity index (χ0n) is 8.34. The number of likely N-dealkylation sites (tertiary alicyclic amines) is 1. The van der Waals surface area contributed by atoms with E-state index in [1.54, 1.807) is 0 Å². The van der Waals surface area contributed by atoms with Crippen LogP contribution in [0.25, 0.3) is 0 Å². The fourth-order valence-corrected chi connectivity index (χ4v) is 2.22. The molecule has 2 atom stereocenters. The van der Waals surface area contributed by atoms with Crippen molar-refractivity contribution in [3.05, 3.63) is 0 Å². The van der Waals surface area contributed by atoms with Gasteiger partial charge in [0.2, 0.25) is 5.91 Å². The minimum Gasteiger partial charge on any atom is -0.341 e. The number of nitrogens with zero attached hydrogens (tertiary/aromatic N) is 1. The second-order valence-electron chi connectivity index (χ2n) is 4.18. The molecule has 80 valence electrons. The van der Waals surface area contributed by atoms with Crippen LogP contribution in [-0.4, -0.2) is 42.7 Å². The zero-order chi connectivity index (χ0) is 9.97. The molecule has 3 nitrogen and oxygen atoms in total. The van der Waals surface area contributed by atoms with Gasteiger partial charge in [0.05, 0.1) is 6.04 Å². The van der Waals surface area contributed by atoms with Crippen LogP contribution in [0.5, 0.6) is 0 Å². The van der Waals surface area contributed by atoms with Crippen LogP contribution in [0.4, 0.5) is 4.39 Å². The van der Waals surface area contributed by atoms with E-state index in [0.29, 0.717) is 13.0 Å². The number of hydrogen-bond acceptors (Lipinski definition) is 2. The van der Waals surface area contributed by atoms with Crippen molar-refractivity contribution >= 4 is 5.91 Å². The maximum Gasteiger partial charge on any atom is 0.239 e. The third kappa shape index (κ3) is 2.05. The lowest BCUT2D eigenvalue weighted by molar-refractivity contribution is -0.134. The first-order valence-electron chi connectivity index (χ1n) is 5.43. The Morgan fingerprint density at radius 1 is 1.29 bits per heavy atom. The van der Waals surface area contributed by atoms with E-state index in [1.165, 1.54) is 6.42 Å². The van der Waals surface area contributed by atoms with Crippen molar-refractivity contribution in [1.82, 2.24) is 10.2 Å². The first-order valence-corrected chi connectivity index (χ1v) is 5.43. The second-order valence-corrected chi connectivity index (χ2v) is 4.18. The molecule has 4 heteroatoms. The molecule has 2 rings (SSSR count). The van der Waals surface area contributed by atoms with E-state index in [2.05, 4.69) is 5.32 Å². The summed E-state index contributed by atoms with van der Waals surface area (Å²) in [4.78, 5) is 13.7. The van der Waals surface area contributed by atoms with Crippen LogP contribution >= 0.6 is 0 Å². The molecular formula is C10H17FN2O. The summed E-state index contributed by atoms with van der Waals surface area (Å²) in [6.07, 6.45) is 2.92. The lowest BCUT2D eigenvalue weighted by atomic mass is 10.1. The molecule has 14 heavy (non-hydrogen) atoms. The smallest absolute Gasteiger partial charge is 0.239 e. The molecule has 2 fully saturated rings. The van der Waals surface area contributed by atoms with Crippen molar-refractivity contribution in [3.8, 4) is 0 Å². The first-order chi connectivity index (χ1) is 6.77. The molecule has 0 aromatic heterocycles. The van der Waals surface area contributed by atoms with Crippen LogP contribution in [0.2, 0.25) is 0 Å². The van der Waals surface area contributed by atoms with Crippen LogP contribution in [0, 0.1) is 0 Å². The standard InChI is InChI=1S/C10H17FN2O/c11-8-6-9(12-7-8)10(14)13-4-2-1-3-5-13/h8-9,12H,1-7H2/t8-,9+/m0/s1. The van der Waals surface area contributed by atoms with Gasteiger partial charge in [0.25, 0.3) is 0 Å². The van der Waals surface area contributed by atoms with Crippen LogP contribution < -0.4 is 5.32 Å². The molecule has 0 aromatic carbocycles. The number of alkyl halides is 1. The van der Waals surface area contributed by atoms with E-state index in [9.17, 15) is 9.18 Å². The van der Waals surface area contributed by atoms with Gasteiger partial charge in [0, 0.05) is 26.1 Å². The largest absolute Gasteiger partial charge is 0.341 e. The number of carbonyl (C=O) groups excluding carboxylic acids is 1. The molecule has 2 aliphatic rings. The molecule has 0 radical (unpaired) electrons. The average molecular weight is 200 g/mol. The maximum absolute atomic E-state index is 12.9. The van der Waals surface area contributed by atoms with Crippen LogP contribution in [-0.2, 0) is 4.79 Å².